The zero-order valence-corrected chi connectivity index (χ0v) is 8.58. The van der Waals surface area contributed by atoms with E-state index in [2.05, 4.69) is 4.74 Å². The predicted octanol–water partition coefficient (Wildman–Crippen LogP) is 1.44. The van der Waals surface area contributed by atoms with Crippen molar-refractivity contribution < 1.29 is 19.4 Å². The summed E-state index contributed by atoms with van der Waals surface area (Å²) in [5.74, 6) is -1.37. The fourth-order valence-corrected chi connectivity index (χ4v) is 2.21. The topological polar surface area (TPSA) is 63.6 Å². The first-order chi connectivity index (χ1) is 6.53. The number of carboxylic acid groups (broad SMARTS) is 1. The number of carboxylic acids is 1. The average molecular weight is 200 g/mol. The normalized spacial score (nSPS) is 32.3. The van der Waals surface area contributed by atoms with Crippen LogP contribution in [0.25, 0.3) is 0 Å². The van der Waals surface area contributed by atoms with Gasteiger partial charge in [-0.3, -0.25) is 9.59 Å². The molecule has 1 saturated carbocycles. The summed E-state index contributed by atoms with van der Waals surface area (Å²) in [6.07, 6.45) is 2.57. The highest BCUT2D eigenvalue weighted by Crippen LogP contribution is 2.40. The van der Waals surface area contributed by atoms with E-state index in [0.717, 1.165) is 12.8 Å². The Balaban J connectivity index is 2.91. The lowest BCUT2D eigenvalue weighted by Crippen LogP contribution is -2.43. The molecule has 0 spiro atoms. The molecule has 4 heteroatoms. The second kappa shape index (κ2) is 3.98. The molecular formula is C10H16O4. The van der Waals surface area contributed by atoms with Gasteiger partial charge in [0.25, 0.3) is 0 Å². The van der Waals surface area contributed by atoms with Crippen molar-refractivity contribution in [1.29, 1.82) is 0 Å². The standard InChI is InChI=1S/C10H16O4/c1-7-4-3-5-10(6-7,8(11)12)9(13)14-2/h7H,3-6H2,1-2H3,(H,11,12). The summed E-state index contributed by atoms with van der Waals surface area (Å²) >= 11 is 0. The molecule has 0 saturated heterocycles. The van der Waals surface area contributed by atoms with Gasteiger partial charge < -0.3 is 9.84 Å². The maximum atomic E-state index is 11.5. The molecule has 0 aromatic rings. The summed E-state index contributed by atoms with van der Waals surface area (Å²) in [4.78, 5) is 22.6. The van der Waals surface area contributed by atoms with Crippen molar-refractivity contribution in [2.45, 2.75) is 32.6 Å². The number of methoxy groups -OCH3 is 1. The predicted molar refractivity (Wildman–Crippen MR) is 49.7 cm³/mol. The van der Waals surface area contributed by atoms with Crippen LogP contribution in [0.3, 0.4) is 0 Å². The largest absolute Gasteiger partial charge is 0.480 e. The van der Waals surface area contributed by atoms with Gasteiger partial charge in [0.2, 0.25) is 0 Å². The van der Waals surface area contributed by atoms with Crippen LogP contribution in [0.4, 0.5) is 0 Å². The van der Waals surface area contributed by atoms with E-state index in [9.17, 15) is 9.59 Å². The highest BCUT2D eigenvalue weighted by Gasteiger charge is 2.49. The van der Waals surface area contributed by atoms with Crippen LogP contribution in [0.2, 0.25) is 0 Å². The molecule has 0 heterocycles. The van der Waals surface area contributed by atoms with Crippen LogP contribution >= 0.6 is 0 Å². The number of aliphatic carboxylic acids is 1. The molecule has 1 rings (SSSR count). The van der Waals surface area contributed by atoms with Gasteiger partial charge in [-0.1, -0.05) is 19.8 Å². The summed E-state index contributed by atoms with van der Waals surface area (Å²) < 4.78 is 4.58. The molecule has 80 valence electrons. The summed E-state index contributed by atoms with van der Waals surface area (Å²) in [7, 11) is 1.24. The lowest BCUT2D eigenvalue weighted by atomic mass is 9.70. The van der Waals surface area contributed by atoms with E-state index in [1.165, 1.54) is 7.11 Å². The number of hydrogen-bond acceptors (Lipinski definition) is 3. The minimum Gasteiger partial charge on any atom is -0.480 e. The lowest BCUT2D eigenvalue weighted by Gasteiger charge is -2.33. The fraction of sp³-hybridized carbons (Fsp3) is 0.800. The Morgan fingerprint density at radius 3 is 2.57 bits per heavy atom. The molecule has 0 amide bonds. The Morgan fingerprint density at radius 2 is 2.14 bits per heavy atom. The Bertz CT molecular complexity index is 249. The van der Waals surface area contributed by atoms with Crippen LogP contribution in [-0.2, 0) is 14.3 Å². The highest BCUT2D eigenvalue weighted by atomic mass is 16.5. The Kier molecular flexibility index (Phi) is 3.13. The van der Waals surface area contributed by atoms with E-state index in [1.54, 1.807) is 0 Å². The third kappa shape index (κ3) is 1.74. The van der Waals surface area contributed by atoms with E-state index in [0.29, 0.717) is 12.8 Å². The van der Waals surface area contributed by atoms with Gasteiger partial charge >= 0.3 is 11.9 Å². The molecule has 1 N–H and O–H groups in total. The molecule has 0 radical (unpaired) electrons. The zero-order valence-electron chi connectivity index (χ0n) is 8.58. The molecule has 2 atom stereocenters. The van der Waals surface area contributed by atoms with Crippen LogP contribution in [0.15, 0.2) is 0 Å². The summed E-state index contributed by atoms with van der Waals surface area (Å²) in [5, 5.41) is 9.11. The van der Waals surface area contributed by atoms with Crippen molar-refractivity contribution >= 4 is 11.9 Å². The number of hydrogen-bond donors (Lipinski definition) is 1. The van der Waals surface area contributed by atoms with E-state index in [4.69, 9.17) is 5.11 Å². The molecule has 0 aliphatic heterocycles. The second-order valence-corrected chi connectivity index (χ2v) is 4.08. The van der Waals surface area contributed by atoms with Crippen molar-refractivity contribution in [3.8, 4) is 0 Å². The number of rotatable bonds is 2. The van der Waals surface area contributed by atoms with Crippen LogP contribution in [0.5, 0.6) is 0 Å². The molecule has 0 aromatic heterocycles. The van der Waals surface area contributed by atoms with Crippen molar-refractivity contribution in [2.24, 2.45) is 11.3 Å². The lowest BCUT2D eigenvalue weighted by molar-refractivity contribution is -0.170. The van der Waals surface area contributed by atoms with E-state index >= 15 is 0 Å². The molecule has 1 aliphatic carbocycles. The maximum Gasteiger partial charge on any atom is 0.323 e. The SMILES string of the molecule is COC(=O)C1(C(=O)O)CCCC(C)C1. The Labute approximate surface area is 83.2 Å². The van der Waals surface area contributed by atoms with Crippen molar-refractivity contribution in [3.05, 3.63) is 0 Å². The summed E-state index contributed by atoms with van der Waals surface area (Å²) in [6.45, 7) is 1.97. The molecule has 0 aromatic carbocycles. The molecule has 4 nitrogen and oxygen atoms in total. The van der Waals surface area contributed by atoms with Crippen LogP contribution in [-0.4, -0.2) is 24.2 Å². The summed E-state index contributed by atoms with van der Waals surface area (Å²) in [6, 6.07) is 0. The van der Waals surface area contributed by atoms with Crippen molar-refractivity contribution in [1.82, 2.24) is 0 Å². The van der Waals surface area contributed by atoms with E-state index in [-0.39, 0.29) is 5.92 Å². The maximum absolute atomic E-state index is 11.5. The van der Waals surface area contributed by atoms with Crippen LogP contribution < -0.4 is 0 Å². The van der Waals surface area contributed by atoms with Gasteiger partial charge in [0, 0.05) is 0 Å². The van der Waals surface area contributed by atoms with E-state index in [1.807, 2.05) is 6.92 Å². The fourth-order valence-electron chi connectivity index (χ4n) is 2.21. The smallest absolute Gasteiger partial charge is 0.323 e. The molecular weight excluding hydrogens is 184 g/mol. The molecule has 1 fully saturated rings. The molecule has 14 heavy (non-hydrogen) atoms. The third-order valence-electron chi connectivity index (χ3n) is 2.98. The van der Waals surface area contributed by atoms with Gasteiger partial charge in [-0.2, -0.15) is 0 Å². The number of ether oxygens (including phenoxy) is 1. The van der Waals surface area contributed by atoms with Gasteiger partial charge in [0.05, 0.1) is 7.11 Å². The van der Waals surface area contributed by atoms with Crippen LogP contribution in [0, 0.1) is 11.3 Å². The van der Waals surface area contributed by atoms with Gasteiger partial charge in [0.15, 0.2) is 5.41 Å². The van der Waals surface area contributed by atoms with Gasteiger partial charge in [-0.05, 0) is 18.8 Å². The molecule has 2 unspecified atom stereocenters. The van der Waals surface area contributed by atoms with Crippen molar-refractivity contribution in [2.75, 3.05) is 7.11 Å². The molecule has 1 aliphatic rings. The Morgan fingerprint density at radius 1 is 1.50 bits per heavy atom. The third-order valence-corrected chi connectivity index (χ3v) is 2.98. The minimum absolute atomic E-state index is 0.277. The first kappa shape index (κ1) is 11.0. The zero-order chi connectivity index (χ0) is 10.8. The number of carbonyl (C=O) groups excluding carboxylic acids is 1. The first-order valence-electron chi connectivity index (χ1n) is 4.85. The van der Waals surface area contributed by atoms with Gasteiger partial charge in [-0.15, -0.1) is 0 Å². The second-order valence-electron chi connectivity index (χ2n) is 4.08. The highest BCUT2D eigenvalue weighted by molar-refractivity contribution is 5.99. The van der Waals surface area contributed by atoms with Gasteiger partial charge in [-0.25, -0.2) is 0 Å². The molecule has 0 bridgehead atoms. The Hall–Kier alpha value is -1.06. The first-order valence-corrected chi connectivity index (χ1v) is 4.85. The quantitative estimate of drug-likeness (QED) is 0.541. The monoisotopic (exact) mass is 200 g/mol. The summed E-state index contributed by atoms with van der Waals surface area (Å²) in [5.41, 5.74) is -1.29. The van der Waals surface area contributed by atoms with Crippen molar-refractivity contribution in [3.63, 3.8) is 0 Å². The average Bonchev–Trinajstić information content (AvgIpc) is 2.16. The number of esters is 1. The minimum atomic E-state index is -1.29. The van der Waals surface area contributed by atoms with Crippen LogP contribution in [0.1, 0.15) is 32.6 Å². The van der Waals surface area contributed by atoms with E-state index < -0.39 is 17.4 Å². The van der Waals surface area contributed by atoms with Gasteiger partial charge in [0.1, 0.15) is 0 Å². The number of carbonyl (C=O) groups is 2.